The Balaban J connectivity index is 1.61. The molecule has 0 bridgehead atoms. The predicted octanol–water partition coefficient (Wildman–Crippen LogP) is 6.35. The van der Waals surface area contributed by atoms with Crippen LogP contribution in [0.15, 0.2) is 90.0 Å². The molecule has 1 N–H and O–H groups in total. The van der Waals surface area contributed by atoms with Gasteiger partial charge in [0, 0.05) is 22.9 Å². The minimum Gasteiger partial charge on any atom is -0.497 e. The first-order valence-corrected chi connectivity index (χ1v) is 12.5. The number of anilines is 1. The smallest absolute Gasteiger partial charge is 0.323 e. The predicted molar refractivity (Wildman–Crippen MR) is 140 cm³/mol. The molecule has 6 nitrogen and oxygen atoms in total. The van der Waals surface area contributed by atoms with Crippen molar-refractivity contribution < 1.29 is 14.3 Å². The third-order valence-electron chi connectivity index (χ3n) is 6.30. The number of hydrogen-bond acceptors (Lipinski definition) is 4. The Morgan fingerprint density at radius 3 is 2.51 bits per heavy atom. The molecule has 3 aromatic carbocycles. The van der Waals surface area contributed by atoms with Crippen molar-refractivity contribution in [1.29, 1.82) is 0 Å². The molecule has 1 aromatic heterocycles. The summed E-state index contributed by atoms with van der Waals surface area (Å²) in [4.78, 5) is 17.0. The second kappa shape index (κ2) is 9.80. The van der Waals surface area contributed by atoms with Gasteiger partial charge in [-0.15, -0.1) is 11.8 Å². The topological polar surface area (TPSA) is 55.7 Å². The average molecular weight is 486 g/mol. The highest BCUT2D eigenvalue weighted by molar-refractivity contribution is 7.98. The molecule has 0 radical (unpaired) electrons. The summed E-state index contributed by atoms with van der Waals surface area (Å²) >= 11 is 1.70. The molecule has 2 heterocycles. The van der Waals surface area contributed by atoms with Crippen molar-refractivity contribution in [2.75, 3.05) is 25.8 Å². The molecule has 1 aliphatic heterocycles. The highest BCUT2D eigenvalue weighted by Gasteiger charge is 2.33. The van der Waals surface area contributed by atoms with Crippen LogP contribution >= 0.6 is 11.8 Å². The summed E-state index contributed by atoms with van der Waals surface area (Å²) in [6.45, 7) is 0.449. The van der Waals surface area contributed by atoms with Gasteiger partial charge >= 0.3 is 6.03 Å². The van der Waals surface area contributed by atoms with Crippen LogP contribution in [0.5, 0.6) is 11.5 Å². The van der Waals surface area contributed by atoms with Gasteiger partial charge in [0.05, 0.1) is 38.2 Å². The Kier molecular flexibility index (Phi) is 6.42. The fraction of sp³-hybridized carbons (Fsp3) is 0.179. The van der Waals surface area contributed by atoms with Gasteiger partial charge in [-0.1, -0.05) is 30.3 Å². The van der Waals surface area contributed by atoms with Crippen LogP contribution in [0.1, 0.15) is 22.9 Å². The van der Waals surface area contributed by atoms with Crippen LogP contribution in [0.4, 0.5) is 10.5 Å². The molecule has 0 aliphatic carbocycles. The molecule has 1 aliphatic rings. The van der Waals surface area contributed by atoms with E-state index in [2.05, 4.69) is 64.8 Å². The monoisotopic (exact) mass is 485 g/mol. The van der Waals surface area contributed by atoms with Crippen LogP contribution in [0.3, 0.4) is 0 Å². The summed E-state index contributed by atoms with van der Waals surface area (Å²) in [6, 6.07) is 25.6. The van der Waals surface area contributed by atoms with E-state index < -0.39 is 0 Å². The van der Waals surface area contributed by atoms with Crippen molar-refractivity contribution >= 4 is 23.5 Å². The van der Waals surface area contributed by atoms with Crippen LogP contribution < -0.4 is 14.8 Å². The first kappa shape index (κ1) is 22.9. The fourth-order valence-corrected chi connectivity index (χ4v) is 4.98. The molecule has 0 fully saturated rings. The van der Waals surface area contributed by atoms with E-state index in [9.17, 15) is 4.79 Å². The Hall–Kier alpha value is -3.84. The summed E-state index contributed by atoms with van der Waals surface area (Å²) in [5.74, 6) is 1.21. The van der Waals surface area contributed by atoms with E-state index in [0.29, 0.717) is 23.7 Å². The first-order valence-electron chi connectivity index (χ1n) is 11.3. The van der Waals surface area contributed by atoms with Crippen LogP contribution in [-0.2, 0) is 6.54 Å². The van der Waals surface area contributed by atoms with E-state index in [1.165, 1.54) is 4.90 Å². The van der Waals surface area contributed by atoms with Gasteiger partial charge in [-0.05, 0) is 59.8 Å². The molecule has 0 saturated carbocycles. The Morgan fingerprint density at radius 1 is 0.971 bits per heavy atom. The number of nitrogens with zero attached hydrogens (tertiary/aromatic N) is 2. The maximum atomic E-state index is 13.9. The lowest BCUT2D eigenvalue weighted by Gasteiger charge is -2.31. The van der Waals surface area contributed by atoms with Crippen LogP contribution in [0.25, 0.3) is 5.69 Å². The zero-order valence-electron chi connectivity index (χ0n) is 19.9. The summed E-state index contributed by atoms with van der Waals surface area (Å²) < 4.78 is 13.1. The third-order valence-corrected chi connectivity index (χ3v) is 7.05. The second-order valence-corrected chi connectivity index (χ2v) is 9.11. The van der Waals surface area contributed by atoms with Gasteiger partial charge in [-0.3, -0.25) is 0 Å². The molecule has 4 aromatic rings. The number of nitrogens with one attached hydrogen (secondary N) is 1. The molecule has 1 atom stereocenters. The van der Waals surface area contributed by atoms with E-state index in [-0.39, 0.29) is 12.1 Å². The van der Waals surface area contributed by atoms with E-state index >= 15 is 0 Å². The number of fused-ring (bicyclic) bond motifs is 3. The van der Waals surface area contributed by atoms with Crippen LogP contribution in [-0.4, -0.2) is 36.0 Å². The lowest BCUT2D eigenvalue weighted by molar-refractivity contribution is 0.194. The van der Waals surface area contributed by atoms with Crippen molar-refractivity contribution in [2.24, 2.45) is 0 Å². The molecule has 35 heavy (non-hydrogen) atoms. The van der Waals surface area contributed by atoms with Crippen LogP contribution in [0, 0.1) is 0 Å². The number of ether oxygens (including phenoxy) is 2. The van der Waals surface area contributed by atoms with Gasteiger partial charge in [0.15, 0.2) is 0 Å². The highest BCUT2D eigenvalue weighted by Crippen LogP contribution is 2.38. The van der Waals surface area contributed by atoms with Crippen molar-refractivity contribution in [3.05, 3.63) is 102 Å². The van der Waals surface area contributed by atoms with E-state index in [0.717, 1.165) is 22.5 Å². The molecule has 2 amide bonds. The number of para-hydroxylation sites is 1. The summed E-state index contributed by atoms with van der Waals surface area (Å²) in [5.41, 5.74) is 4.78. The number of aromatic nitrogens is 1. The first-order chi connectivity index (χ1) is 17.1. The van der Waals surface area contributed by atoms with Gasteiger partial charge < -0.3 is 24.3 Å². The summed E-state index contributed by atoms with van der Waals surface area (Å²) in [6.07, 6.45) is 4.12. The number of carbonyl (C=O) groups is 1. The lowest BCUT2D eigenvalue weighted by atomic mass is 10.0. The number of methoxy groups -OCH3 is 2. The van der Waals surface area contributed by atoms with Gasteiger partial charge in [0.1, 0.15) is 11.5 Å². The summed E-state index contributed by atoms with van der Waals surface area (Å²) in [7, 11) is 3.18. The number of urea groups is 1. The van der Waals surface area contributed by atoms with Gasteiger partial charge in [-0.2, -0.15) is 0 Å². The Morgan fingerprint density at radius 2 is 1.77 bits per heavy atom. The average Bonchev–Trinajstić information content (AvgIpc) is 3.33. The zero-order chi connectivity index (χ0) is 24.4. The normalized spacial score (nSPS) is 14.5. The number of hydrogen-bond donors (Lipinski definition) is 1. The molecule has 0 saturated heterocycles. The third kappa shape index (κ3) is 4.35. The minimum absolute atomic E-state index is 0.222. The number of benzene rings is 3. The highest BCUT2D eigenvalue weighted by atomic mass is 32.2. The molecule has 178 valence electrons. The molecule has 5 rings (SSSR count). The van der Waals surface area contributed by atoms with Crippen LogP contribution in [0.2, 0.25) is 0 Å². The molecule has 7 heteroatoms. The fourth-order valence-electron chi connectivity index (χ4n) is 4.58. The molecule has 0 unspecified atom stereocenters. The standard InChI is InChI=1S/C28H27N3O3S/c1-33-21-12-15-26(34-2)23(17-21)29-28(32)31-18-20-7-4-5-8-24(20)30-16-6-9-25(30)27(31)19-10-13-22(35-3)14-11-19/h4-17,27H,18H2,1-3H3,(H,29,32)/t27-/m1/s1. The van der Waals surface area contributed by atoms with E-state index in [4.69, 9.17) is 9.47 Å². The number of thioether (sulfide) groups is 1. The zero-order valence-corrected chi connectivity index (χ0v) is 20.7. The van der Waals surface area contributed by atoms with E-state index in [1.807, 2.05) is 23.1 Å². The SMILES string of the molecule is COc1ccc(OC)c(NC(=O)N2Cc3ccccc3-n3cccc3[C@H]2c2ccc(SC)cc2)c1. The number of carbonyl (C=O) groups excluding carboxylic acids is 1. The largest absolute Gasteiger partial charge is 0.497 e. The maximum absolute atomic E-state index is 13.9. The van der Waals surface area contributed by atoms with Crippen molar-refractivity contribution in [2.45, 2.75) is 17.5 Å². The van der Waals surface area contributed by atoms with Crippen molar-refractivity contribution in [3.63, 3.8) is 0 Å². The molecular formula is C28H27N3O3S. The van der Waals surface area contributed by atoms with Crippen molar-refractivity contribution in [3.8, 4) is 17.2 Å². The second-order valence-electron chi connectivity index (χ2n) is 8.23. The maximum Gasteiger partial charge on any atom is 0.323 e. The molecule has 0 spiro atoms. The molecular weight excluding hydrogens is 458 g/mol. The van der Waals surface area contributed by atoms with Crippen molar-refractivity contribution in [1.82, 2.24) is 9.47 Å². The minimum atomic E-state index is -0.287. The quantitative estimate of drug-likeness (QED) is 0.335. The summed E-state index contributed by atoms with van der Waals surface area (Å²) in [5, 5.41) is 3.08. The van der Waals surface area contributed by atoms with E-state index in [1.54, 1.807) is 44.2 Å². The Labute approximate surface area is 209 Å². The number of amides is 2. The number of rotatable bonds is 5. The van der Waals surface area contributed by atoms with Gasteiger partial charge in [0.2, 0.25) is 0 Å². The Bertz CT molecular complexity index is 1350. The van der Waals surface area contributed by atoms with Gasteiger partial charge in [-0.25, -0.2) is 4.79 Å². The lowest BCUT2D eigenvalue weighted by Crippen LogP contribution is -2.38. The van der Waals surface area contributed by atoms with Gasteiger partial charge in [0.25, 0.3) is 0 Å².